The van der Waals surface area contributed by atoms with Crippen molar-refractivity contribution in [3.05, 3.63) is 29.8 Å². The highest BCUT2D eigenvalue weighted by atomic mass is 32.2. The number of fused-ring (bicyclic) bond motifs is 1. The number of hydrogen-bond acceptors (Lipinski definition) is 5. The van der Waals surface area contributed by atoms with Crippen LogP contribution in [0.4, 0.5) is 5.69 Å². The summed E-state index contributed by atoms with van der Waals surface area (Å²) in [7, 11) is 0. The number of rotatable bonds is 6. The van der Waals surface area contributed by atoms with E-state index in [4.69, 9.17) is 0 Å². The Bertz CT molecular complexity index is 749. The molecular formula is C19H24N2O5S. The van der Waals surface area contributed by atoms with E-state index in [-0.39, 0.29) is 16.9 Å². The van der Waals surface area contributed by atoms with E-state index in [1.54, 1.807) is 12.1 Å². The van der Waals surface area contributed by atoms with E-state index < -0.39 is 29.7 Å². The Labute approximate surface area is 162 Å². The Morgan fingerprint density at radius 3 is 2.56 bits per heavy atom. The van der Waals surface area contributed by atoms with Crippen LogP contribution >= 0.6 is 11.8 Å². The van der Waals surface area contributed by atoms with Crippen molar-refractivity contribution in [3.8, 4) is 0 Å². The van der Waals surface area contributed by atoms with Crippen molar-refractivity contribution >= 4 is 40.3 Å². The molecule has 8 heteroatoms. The Hall–Kier alpha value is -2.35. The number of carbonyl (C=O) groups excluding carboxylic acids is 3. The molecule has 1 aromatic rings. The van der Waals surface area contributed by atoms with E-state index in [0.717, 1.165) is 17.3 Å². The lowest BCUT2D eigenvalue weighted by molar-refractivity contribution is -0.137. The molecule has 2 atom stereocenters. The molecule has 2 N–H and O–H groups in total. The topological polar surface area (TPSA) is 104 Å². The third kappa shape index (κ3) is 5.32. The first kappa shape index (κ1) is 21.0. The van der Waals surface area contributed by atoms with Gasteiger partial charge >= 0.3 is 5.97 Å². The van der Waals surface area contributed by atoms with Gasteiger partial charge in [0.2, 0.25) is 11.8 Å². The smallest absolute Gasteiger partial charge is 0.323 e. The van der Waals surface area contributed by atoms with E-state index in [2.05, 4.69) is 5.32 Å². The zero-order valence-corrected chi connectivity index (χ0v) is 16.4. The minimum absolute atomic E-state index is 0.0906. The number of benzene rings is 1. The van der Waals surface area contributed by atoms with Crippen molar-refractivity contribution in [3.63, 3.8) is 0 Å². The van der Waals surface area contributed by atoms with Gasteiger partial charge in [-0.1, -0.05) is 43.8 Å². The van der Waals surface area contributed by atoms with Crippen molar-refractivity contribution in [1.29, 1.82) is 0 Å². The van der Waals surface area contributed by atoms with Crippen LogP contribution in [0.25, 0.3) is 0 Å². The van der Waals surface area contributed by atoms with Crippen LogP contribution in [0.15, 0.2) is 24.3 Å². The predicted molar refractivity (Wildman–Crippen MR) is 104 cm³/mol. The number of aryl methyl sites for hydroxylation is 1. The lowest BCUT2D eigenvalue weighted by Gasteiger charge is -2.26. The highest BCUT2D eigenvalue weighted by Crippen LogP contribution is 2.27. The molecule has 1 aliphatic rings. The van der Waals surface area contributed by atoms with Crippen LogP contribution < -0.4 is 10.2 Å². The minimum atomic E-state index is -1.13. The molecule has 1 heterocycles. The van der Waals surface area contributed by atoms with Crippen molar-refractivity contribution in [2.24, 2.45) is 5.92 Å². The van der Waals surface area contributed by atoms with Gasteiger partial charge in [0.15, 0.2) is 5.12 Å². The summed E-state index contributed by atoms with van der Waals surface area (Å²) in [5, 5.41) is 11.2. The van der Waals surface area contributed by atoms with Gasteiger partial charge in [-0.05, 0) is 30.4 Å². The second-order valence-electron chi connectivity index (χ2n) is 6.82. The number of hydrogen-bond donors (Lipinski definition) is 2. The zero-order chi connectivity index (χ0) is 20.1. The summed E-state index contributed by atoms with van der Waals surface area (Å²) in [4.78, 5) is 49.6. The normalized spacial score (nSPS) is 17.9. The van der Waals surface area contributed by atoms with E-state index >= 15 is 0 Å². The van der Waals surface area contributed by atoms with Gasteiger partial charge in [-0.15, -0.1) is 0 Å². The summed E-state index contributed by atoms with van der Waals surface area (Å²) in [5.41, 5.74) is 1.42. The Kier molecular flexibility index (Phi) is 7.01. The molecule has 0 saturated carbocycles. The fraction of sp³-hybridized carbons (Fsp3) is 0.474. The van der Waals surface area contributed by atoms with Gasteiger partial charge in [0.25, 0.3) is 0 Å². The van der Waals surface area contributed by atoms with Crippen molar-refractivity contribution < 1.29 is 24.3 Å². The number of carboxylic acids is 1. The minimum Gasteiger partial charge on any atom is -0.480 e. The standard InChI is InChI=1S/C19H24N2O5S/c1-11(2)17(27-12(3)22)18(25)20-14-9-8-13-6-4-5-7-15(13)21(19(14)26)10-16(23)24/h4-7,11,14,17H,8-10H2,1-3H3,(H,20,25)(H,23,24)/t14?,17-/m0/s1. The van der Waals surface area contributed by atoms with E-state index in [1.807, 2.05) is 26.0 Å². The predicted octanol–water partition coefficient (Wildman–Crippen LogP) is 1.84. The van der Waals surface area contributed by atoms with E-state index in [0.29, 0.717) is 18.5 Å². The maximum absolute atomic E-state index is 13.0. The molecule has 2 amide bonds. The maximum atomic E-state index is 13.0. The van der Waals surface area contributed by atoms with Crippen molar-refractivity contribution in [2.75, 3.05) is 11.4 Å². The third-order valence-electron chi connectivity index (χ3n) is 4.32. The summed E-state index contributed by atoms with van der Waals surface area (Å²) in [6.45, 7) is 4.59. The summed E-state index contributed by atoms with van der Waals surface area (Å²) in [5.74, 6) is -2.06. The van der Waals surface area contributed by atoms with Gasteiger partial charge in [-0.25, -0.2) is 0 Å². The number of carboxylic acid groups (broad SMARTS) is 1. The second kappa shape index (κ2) is 9.03. The Balaban J connectivity index is 2.25. The molecule has 0 aliphatic carbocycles. The van der Waals surface area contributed by atoms with Crippen LogP contribution in [0.2, 0.25) is 0 Å². The second-order valence-corrected chi connectivity index (χ2v) is 8.14. The highest BCUT2D eigenvalue weighted by Gasteiger charge is 2.34. The van der Waals surface area contributed by atoms with Crippen molar-refractivity contribution in [2.45, 2.75) is 44.9 Å². The van der Waals surface area contributed by atoms with E-state index in [1.165, 1.54) is 11.8 Å². The van der Waals surface area contributed by atoms with Gasteiger partial charge in [0.1, 0.15) is 12.6 Å². The molecule has 0 aromatic heterocycles. The first-order valence-electron chi connectivity index (χ1n) is 8.79. The average Bonchev–Trinajstić information content (AvgIpc) is 2.71. The third-order valence-corrected chi connectivity index (χ3v) is 5.66. The lowest BCUT2D eigenvalue weighted by Crippen LogP contribution is -2.51. The summed E-state index contributed by atoms with van der Waals surface area (Å²) in [6, 6.07) is 6.31. The van der Waals surface area contributed by atoms with Crippen LogP contribution in [0.3, 0.4) is 0 Å². The molecule has 7 nitrogen and oxygen atoms in total. The van der Waals surface area contributed by atoms with Crippen LogP contribution in [0, 0.1) is 5.92 Å². The fourth-order valence-electron chi connectivity index (χ4n) is 3.07. The summed E-state index contributed by atoms with van der Waals surface area (Å²) < 4.78 is 0. The van der Waals surface area contributed by atoms with Gasteiger partial charge in [-0.2, -0.15) is 0 Å². The summed E-state index contributed by atoms with van der Waals surface area (Å²) >= 11 is 0.940. The number of nitrogens with one attached hydrogen (secondary N) is 1. The Morgan fingerprint density at radius 1 is 1.30 bits per heavy atom. The molecule has 0 saturated heterocycles. The Morgan fingerprint density at radius 2 is 1.96 bits per heavy atom. The number of thioether (sulfide) groups is 1. The van der Waals surface area contributed by atoms with Crippen LogP contribution in [0.5, 0.6) is 0 Å². The first-order chi connectivity index (χ1) is 12.7. The highest BCUT2D eigenvalue weighted by molar-refractivity contribution is 8.14. The fourth-order valence-corrected chi connectivity index (χ4v) is 3.88. The molecule has 27 heavy (non-hydrogen) atoms. The quantitative estimate of drug-likeness (QED) is 0.766. The number of anilines is 1. The molecule has 0 spiro atoms. The van der Waals surface area contributed by atoms with Gasteiger partial charge in [-0.3, -0.25) is 24.1 Å². The number of amides is 2. The number of aliphatic carboxylic acids is 1. The van der Waals surface area contributed by atoms with E-state index in [9.17, 15) is 24.3 Å². The zero-order valence-electron chi connectivity index (χ0n) is 15.6. The van der Waals surface area contributed by atoms with Crippen LogP contribution in [0.1, 0.15) is 32.8 Å². The average molecular weight is 392 g/mol. The number of nitrogens with zero attached hydrogens (tertiary/aromatic N) is 1. The molecule has 0 fully saturated rings. The van der Waals surface area contributed by atoms with Crippen LogP contribution in [-0.4, -0.2) is 45.8 Å². The monoisotopic (exact) mass is 392 g/mol. The lowest BCUT2D eigenvalue weighted by atomic mass is 10.0. The molecule has 146 valence electrons. The first-order valence-corrected chi connectivity index (χ1v) is 9.67. The van der Waals surface area contributed by atoms with Gasteiger partial charge < -0.3 is 10.4 Å². The molecule has 1 unspecified atom stereocenters. The summed E-state index contributed by atoms with van der Waals surface area (Å²) in [6.07, 6.45) is 0.905. The molecule has 0 bridgehead atoms. The molecule has 1 aliphatic heterocycles. The van der Waals surface area contributed by atoms with Crippen molar-refractivity contribution in [1.82, 2.24) is 5.32 Å². The van der Waals surface area contributed by atoms with Crippen LogP contribution in [-0.2, 0) is 25.6 Å². The number of carbonyl (C=O) groups is 4. The molecule has 1 aromatic carbocycles. The maximum Gasteiger partial charge on any atom is 0.323 e. The van der Waals surface area contributed by atoms with Gasteiger partial charge in [0, 0.05) is 12.6 Å². The van der Waals surface area contributed by atoms with Gasteiger partial charge in [0.05, 0.1) is 5.25 Å². The SMILES string of the molecule is CC(=O)S[C@H](C(=O)NC1CCc2ccccc2N(CC(=O)O)C1=O)C(C)C. The number of para-hydroxylation sites is 1. The molecule has 0 radical (unpaired) electrons. The largest absolute Gasteiger partial charge is 0.480 e. The molecule has 2 rings (SSSR count). The molecular weight excluding hydrogens is 368 g/mol.